The lowest BCUT2D eigenvalue weighted by molar-refractivity contribution is -0.128. The van der Waals surface area contributed by atoms with E-state index in [2.05, 4.69) is 54.6 Å². The van der Waals surface area contributed by atoms with Crippen LogP contribution in [0.4, 0.5) is 0 Å². The number of rotatable bonds is 2. The first kappa shape index (κ1) is 13.5. The molecule has 1 nitrogen and oxygen atoms in total. The van der Waals surface area contributed by atoms with Gasteiger partial charge in [0.2, 0.25) is 0 Å². The number of Topliss-reactive ketones (excluding diaryl/α,β-unsaturated/α-hetero) is 1. The molecule has 2 bridgehead atoms. The van der Waals surface area contributed by atoms with Gasteiger partial charge in [-0.25, -0.2) is 0 Å². The van der Waals surface area contributed by atoms with Gasteiger partial charge in [0, 0.05) is 17.8 Å². The van der Waals surface area contributed by atoms with Crippen LogP contribution in [0.2, 0.25) is 0 Å². The Morgan fingerprint density at radius 2 is 1.50 bits per heavy atom. The number of carbonyl (C=O) groups excluding carboxylic acids is 1. The summed E-state index contributed by atoms with van der Waals surface area (Å²) < 4.78 is 0. The van der Waals surface area contributed by atoms with Crippen molar-refractivity contribution < 1.29 is 4.79 Å². The second kappa shape index (κ2) is 5.57. The van der Waals surface area contributed by atoms with E-state index in [1.54, 1.807) is 0 Å². The van der Waals surface area contributed by atoms with E-state index in [0.717, 1.165) is 19.3 Å². The van der Waals surface area contributed by atoms with Gasteiger partial charge in [-0.05, 0) is 29.5 Å². The zero-order valence-corrected chi connectivity index (χ0v) is 12.6. The molecule has 0 aromatic heterocycles. The van der Waals surface area contributed by atoms with Gasteiger partial charge in [0.25, 0.3) is 0 Å². The Balaban J connectivity index is 1.84. The third-order valence-electron chi connectivity index (χ3n) is 5.18. The van der Waals surface area contributed by atoms with Gasteiger partial charge in [0.15, 0.2) is 0 Å². The molecule has 2 aliphatic carbocycles. The van der Waals surface area contributed by atoms with Gasteiger partial charge >= 0.3 is 0 Å². The summed E-state index contributed by atoms with van der Waals surface area (Å²) in [6.45, 7) is 0. The van der Waals surface area contributed by atoms with Crippen LogP contribution in [0.5, 0.6) is 0 Å². The minimum absolute atomic E-state index is 0.112. The standard InChI is InChI=1S/C21H20O/c22-21-17-12-7-13-18(21)20(16-10-5-2-6-11-16)14-19(17)15-8-3-1-4-9-15/h1-6,8-11,14,17-19H,7,12-13H2/t17?,18?,19-/m1/s1. The van der Waals surface area contributed by atoms with Crippen LogP contribution in [0.1, 0.15) is 36.3 Å². The molecule has 2 aromatic carbocycles. The summed E-state index contributed by atoms with van der Waals surface area (Å²) in [5.41, 5.74) is 3.73. The molecule has 1 fully saturated rings. The quantitative estimate of drug-likeness (QED) is 0.772. The van der Waals surface area contributed by atoms with Crippen molar-refractivity contribution in [3.8, 4) is 0 Å². The number of ketones is 1. The summed E-state index contributed by atoms with van der Waals surface area (Å²) in [5.74, 6) is 0.983. The van der Waals surface area contributed by atoms with Crippen molar-refractivity contribution >= 4 is 11.4 Å². The van der Waals surface area contributed by atoms with Crippen LogP contribution < -0.4 is 0 Å². The van der Waals surface area contributed by atoms with Crippen LogP contribution >= 0.6 is 0 Å². The Morgan fingerprint density at radius 1 is 0.818 bits per heavy atom. The minimum Gasteiger partial charge on any atom is -0.299 e. The molecule has 2 aromatic rings. The highest BCUT2D eigenvalue weighted by atomic mass is 16.1. The Hall–Kier alpha value is -2.15. The Bertz CT molecular complexity index is 699. The highest BCUT2D eigenvalue weighted by Crippen LogP contribution is 2.47. The monoisotopic (exact) mass is 288 g/mol. The number of hydrogen-bond acceptors (Lipinski definition) is 1. The molecule has 0 spiro atoms. The first-order valence-electron chi connectivity index (χ1n) is 8.20. The van der Waals surface area contributed by atoms with Crippen molar-refractivity contribution in [3.63, 3.8) is 0 Å². The summed E-state index contributed by atoms with van der Waals surface area (Å²) in [6, 6.07) is 20.9. The molecule has 1 heteroatoms. The summed E-state index contributed by atoms with van der Waals surface area (Å²) in [5, 5.41) is 0. The minimum atomic E-state index is 0.112. The molecule has 0 saturated heterocycles. The summed E-state index contributed by atoms with van der Waals surface area (Å²) in [6.07, 6.45) is 5.58. The van der Waals surface area contributed by atoms with Crippen molar-refractivity contribution in [3.05, 3.63) is 77.9 Å². The molecule has 0 N–H and O–H groups in total. The maximum Gasteiger partial charge on any atom is 0.144 e. The molecule has 0 aliphatic heterocycles. The number of carbonyl (C=O) groups is 1. The highest BCUT2D eigenvalue weighted by Gasteiger charge is 2.41. The van der Waals surface area contributed by atoms with E-state index in [9.17, 15) is 4.79 Å². The second-order valence-corrected chi connectivity index (χ2v) is 6.42. The lowest BCUT2D eigenvalue weighted by Crippen LogP contribution is -2.36. The topological polar surface area (TPSA) is 17.1 Å². The number of benzene rings is 2. The number of hydrogen-bond donors (Lipinski definition) is 0. The van der Waals surface area contributed by atoms with Crippen LogP contribution in [0.25, 0.3) is 5.57 Å². The van der Waals surface area contributed by atoms with Crippen LogP contribution in [-0.4, -0.2) is 5.78 Å². The molecule has 2 aliphatic rings. The van der Waals surface area contributed by atoms with Crippen molar-refractivity contribution in [2.24, 2.45) is 11.8 Å². The zero-order valence-electron chi connectivity index (χ0n) is 12.6. The molecule has 2 unspecified atom stereocenters. The van der Waals surface area contributed by atoms with Crippen molar-refractivity contribution in [1.29, 1.82) is 0 Å². The average molecular weight is 288 g/mol. The first-order chi connectivity index (χ1) is 10.8. The number of fused-ring (bicyclic) bond motifs is 2. The van der Waals surface area contributed by atoms with E-state index < -0.39 is 0 Å². The predicted molar refractivity (Wildman–Crippen MR) is 89.4 cm³/mol. The SMILES string of the molecule is O=C1C2CCCC1[C@@H](c1ccccc1)C=C2c1ccccc1. The maximum atomic E-state index is 12.9. The molecule has 110 valence electrons. The molecule has 0 amide bonds. The zero-order chi connectivity index (χ0) is 14.9. The van der Waals surface area contributed by atoms with Crippen LogP contribution in [0.3, 0.4) is 0 Å². The van der Waals surface area contributed by atoms with Crippen molar-refractivity contribution in [2.75, 3.05) is 0 Å². The van der Waals surface area contributed by atoms with Crippen molar-refractivity contribution in [1.82, 2.24) is 0 Å². The van der Waals surface area contributed by atoms with Gasteiger partial charge in [-0.2, -0.15) is 0 Å². The molecule has 22 heavy (non-hydrogen) atoms. The van der Waals surface area contributed by atoms with Gasteiger partial charge in [0.1, 0.15) is 5.78 Å². The van der Waals surface area contributed by atoms with Gasteiger partial charge in [-0.3, -0.25) is 4.79 Å². The number of allylic oxidation sites excluding steroid dienone is 2. The molecule has 1 saturated carbocycles. The van der Waals surface area contributed by atoms with Gasteiger partial charge in [0.05, 0.1) is 0 Å². The average Bonchev–Trinajstić information content (AvgIpc) is 2.57. The van der Waals surface area contributed by atoms with Gasteiger partial charge in [-0.1, -0.05) is 73.2 Å². The predicted octanol–water partition coefficient (Wildman–Crippen LogP) is 4.85. The van der Waals surface area contributed by atoms with Crippen LogP contribution in [0, 0.1) is 11.8 Å². The highest BCUT2D eigenvalue weighted by molar-refractivity contribution is 5.98. The third kappa shape index (κ3) is 2.21. The van der Waals surface area contributed by atoms with Crippen LogP contribution in [-0.2, 0) is 4.79 Å². The Kier molecular flexibility index (Phi) is 3.42. The summed E-state index contributed by atoms with van der Waals surface area (Å²) in [4.78, 5) is 12.9. The molecule has 3 atom stereocenters. The normalized spacial score (nSPS) is 27.4. The van der Waals surface area contributed by atoms with Gasteiger partial charge in [-0.15, -0.1) is 0 Å². The summed E-state index contributed by atoms with van der Waals surface area (Å²) in [7, 11) is 0. The maximum absolute atomic E-state index is 12.9. The largest absolute Gasteiger partial charge is 0.299 e. The van der Waals surface area contributed by atoms with E-state index in [4.69, 9.17) is 0 Å². The van der Waals surface area contributed by atoms with E-state index in [1.165, 1.54) is 16.7 Å². The fourth-order valence-corrected chi connectivity index (χ4v) is 4.11. The van der Waals surface area contributed by atoms with E-state index >= 15 is 0 Å². The Morgan fingerprint density at radius 3 is 2.23 bits per heavy atom. The Labute approximate surface area is 131 Å². The molecular weight excluding hydrogens is 268 g/mol. The van der Waals surface area contributed by atoms with Gasteiger partial charge < -0.3 is 0 Å². The van der Waals surface area contributed by atoms with E-state index in [0.29, 0.717) is 5.78 Å². The smallest absolute Gasteiger partial charge is 0.144 e. The molecular formula is C21H20O. The fraction of sp³-hybridized carbons (Fsp3) is 0.286. The lowest BCUT2D eigenvalue weighted by Gasteiger charge is -2.38. The molecule has 0 heterocycles. The fourth-order valence-electron chi connectivity index (χ4n) is 4.11. The summed E-state index contributed by atoms with van der Waals surface area (Å²) >= 11 is 0. The van der Waals surface area contributed by atoms with E-state index in [1.807, 2.05) is 12.1 Å². The molecule has 4 rings (SSSR count). The van der Waals surface area contributed by atoms with Crippen LogP contribution in [0.15, 0.2) is 66.7 Å². The third-order valence-corrected chi connectivity index (χ3v) is 5.18. The van der Waals surface area contributed by atoms with Crippen molar-refractivity contribution in [2.45, 2.75) is 25.2 Å². The second-order valence-electron chi connectivity index (χ2n) is 6.42. The first-order valence-corrected chi connectivity index (χ1v) is 8.20. The van der Waals surface area contributed by atoms with E-state index in [-0.39, 0.29) is 17.8 Å². The molecule has 0 radical (unpaired) electrons. The lowest BCUT2D eigenvalue weighted by atomic mass is 9.64.